The number of nitrogens with zero attached hydrogens (tertiary/aromatic N) is 3. The number of hydrogen-bond donors (Lipinski definition) is 0. The summed E-state index contributed by atoms with van der Waals surface area (Å²) in [6.07, 6.45) is -1.89. The van der Waals surface area contributed by atoms with E-state index in [-0.39, 0.29) is 5.82 Å². The van der Waals surface area contributed by atoms with E-state index in [9.17, 15) is 13.2 Å². The van der Waals surface area contributed by atoms with Crippen molar-refractivity contribution in [1.29, 1.82) is 0 Å². The number of aromatic nitrogens is 2. The van der Waals surface area contributed by atoms with Gasteiger partial charge in [-0.2, -0.15) is 18.2 Å². The molecule has 1 aromatic heterocycles. The SMILES string of the molecule is FC(F)(F)c1cccc(-c2noc(CCCN3CCc4ccccc4C3)n2)c1. The van der Waals surface area contributed by atoms with Crippen LogP contribution in [0.5, 0.6) is 0 Å². The Morgan fingerprint density at radius 2 is 1.86 bits per heavy atom. The van der Waals surface area contributed by atoms with Gasteiger partial charge in [0.15, 0.2) is 0 Å². The Labute approximate surface area is 161 Å². The molecule has 0 amide bonds. The minimum absolute atomic E-state index is 0.188. The zero-order valence-corrected chi connectivity index (χ0v) is 15.2. The second-order valence-electron chi connectivity index (χ2n) is 6.99. The topological polar surface area (TPSA) is 42.2 Å². The van der Waals surface area contributed by atoms with Crippen LogP contribution < -0.4 is 0 Å². The predicted molar refractivity (Wildman–Crippen MR) is 98.5 cm³/mol. The number of rotatable bonds is 5. The first kappa shape index (κ1) is 18.7. The second-order valence-corrected chi connectivity index (χ2v) is 6.99. The largest absolute Gasteiger partial charge is 0.416 e. The van der Waals surface area contributed by atoms with Crippen molar-refractivity contribution in [2.75, 3.05) is 13.1 Å². The molecule has 0 saturated carbocycles. The molecule has 2 heterocycles. The smallest absolute Gasteiger partial charge is 0.339 e. The quantitative estimate of drug-likeness (QED) is 0.634. The van der Waals surface area contributed by atoms with Crippen LogP contribution in [-0.2, 0) is 25.6 Å². The molecule has 0 N–H and O–H groups in total. The molecule has 146 valence electrons. The summed E-state index contributed by atoms with van der Waals surface area (Å²) in [6.45, 7) is 2.88. The van der Waals surface area contributed by atoms with Gasteiger partial charge in [0, 0.05) is 25.1 Å². The molecular weight excluding hydrogens is 367 g/mol. The average Bonchev–Trinajstić information content (AvgIpc) is 3.16. The van der Waals surface area contributed by atoms with Gasteiger partial charge in [-0.15, -0.1) is 0 Å². The highest BCUT2D eigenvalue weighted by molar-refractivity contribution is 5.55. The normalized spacial score (nSPS) is 14.8. The third-order valence-electron chi connectivity index (χ3n) is 4.99. The summed E-state index contributed by atoms with van der Waals surface area (Å²) < 4.78 is 43.8. The maximum Gasteiger partial charge on any atom is 0.416 e. The van der Waals surface area contributed by atoms with Crippen LogP contribution in [0.3, 0.4) is 0 Å². The monoisotopic (exact) mass is 387 g/mol. The van der Waals surface area contributed by atoms with Crippen LogP contribution in [0.4, 0.5) is 13.2 Å². The van der Waals surface area contributed by atoms with Gasteiger partial charge in [0.1, 0.15) is 0 Å². The number of fused-ring (bicyclic) bond motifs is 1. The van der Waals surface area contributed by atoms with Crippen LogP contribution in [-0.4, -0.2) is 28.1 Å². The van der Waals surface area contributed by atoms with Crippen LogP contribution in [0.15, 0.2) is 53.1 Å². The molecule has 3 aromatic rings. The highest BCUT2D eigenvalue weighted by atomic mass is 19.4. The van der Waals surface area contributed by atoms with Crippen LogP contribution >= 0.6 is 0 Å². The standard InChI is InChI=1S/C21H20F3N3O/c22-21(23,24)18-8-3-7-16(13-18)20-25-19(28-26-20)9-4-11-27-12-10-15-5-1-2-6-17(15)14-27/h1-3,5-8,13H,4,9-12,14H2. The van der Waals surface area contributed by atoms with Crippen LogP contribution in [0, 0.1) is 0 Å². The van der Waals surface area contributed by atoms with Gasteiger partial charge in [0.2, 0.25) is 11.7 Å². The molecule has 0 atom stereocenters. The molecule has 0 unspecified atom stereocenters. The number of aryl methyl sites for hydroxylation is 1. The van der Waals surface area contributed by atoms with E-state index in [2.05, 4.69) is 39.3 Å². The molecule has 0 aliphatic carbocycles. The molecule has 0 saturated heterocycles. The molecule has 7 heteroatoms. The summed E-state index contributed by atoms with van der Waals surface area (Å²) in [7, 11) is 0. The highest BCUT2D eigenvalue weighted by Crippen LogP contribution is 2.31. The van der Waals surface area contributed by atoms with Crippen molar-refractivity contribution in [2.24, 2.45) is 0 Å². The Kier molecular flexibility index (Phi) is 5.17. The second kappa shape index (κ2) is 7.75. The molecule has 0 spiro atoms. The lowest BCUT2D eigenvalue weighted by atomic mass is 10.00. The third kappa shape index (κ3) is 4.25. The molecule has 4 nitrogen and oxygen atoms in total. The lowest BCUT2D eigenvalue weighted by Crippen LogP contribution is -2.31. The Morgan fingerprint density at radius 3 is 2.68 bits per heavy atom. The first-order valence-corrected chi connectivity index (χ1v) is 9.28. The fraction of sp³-hybridized carbons (Fsp3) is 0.333. The Morgan fingerprint density at radius 1 is 1.04 bits per heavy atom. The van der Waals surface area contributed by atoms with Gasteiger partial charge in [0.05, 0.1) is 5.56 Å². The number of benzene rings is 2. The zero-order chi connectivity index (χ0) is 19.6. The van der Waals surface area contributed by atoms with Gasteiger partial charge in [-0.25, -0.2) is 0 Å². The van der Waals surface area contributed by atoms with Gasteiger partial charge in [-0.05, 0) is 42.6 Å². The molecule has 1 aliphatic rings. The first-order chi connectivity index (χ1) is 13.5. The van der Waals surface area contributed by atoms with Crippen LogP contribution in [0.1, 0.15) is 29.0 Å². The zero-order valence-electron chi connectivity index (χ0n) is 15.2. The lowest BCUT2D eigenvalue weighted by Gasteiger charge is -2.28. The summed E-state index contributed by atoms with van der Waals surface area (Å²) in [6, 6.07) is 13.5. The minimum Gasteiger partial charge on any atom is -0.339 e. The maximum absolute atomic E-state index is 12.9. The third-order valence-corrected chi connectivity index (χ3v) is 4.99. The van der Waals surface area contributed by atoms with E-state index in [0.717, 1.165) is 44.6 Å². The van der Waals surface area contributed by atoms with Crippen LogP contribution in [0.2, 0.25) is 0 Å². The number of hydrogen-bond acceptors (Lipinski definition) is 4. The van der Waals surface area contributed by atoms with Crippen LogP contribution in [0.25, 0.3) is 11.4 Å². The molecule has 1 aliphatic heterocycles. The van der Waals surface area contributed by atoms with Gasteiger partial charge in [0.25, 0.3) is 0 Å². The van der Waals surface area contributed by atoms with Crippen molar-refractivity contribution >= 4 is 0 Å². The van der Waals surface area contributed by atoms with E-state index in [4.69, 9.17) is 4.52 Å². The van der Waals surface area contributed by atoms with E-state index < -0.39 is 11.7 Å². The Hall–Kier alpha value is -2.67. The Bertz CT molecular complexity index is 952. The summed E-state index contributed by atoms with van der Waals surface area (Å²) >= 11 is 0. The van der Waals surface area contributed by atoms with Crippen molar-refractivity contribution in [3.05, 3.63) is 71.1 Å². The molecular formula is C21H20F3N3O. The fourth-order valence-corrected chi connectivity index (χ4v) is 3.51. The highest BCUT2D eigenvalue weighted by Gasteiger charge is 2.30. The minimum atomic E-state index is -4.39. The molecule has 0 radical (unpaired) electrons. The van der Waals surface area contributed by atoms with Crippen molar-refractivity contribution in [3.63, 3.8) is 0 Å². The van der Waals surface area contributed by atoms with E-state index in [0.29, 0.717) is 17.9 Å². The summed E-state index contributed by atoms with van der Waals surface area (Å²) in [5.41, 5.74) is 2.37. The summed E-state index contributed by atoms with van der Waals surface area (Å²) in [5.74, 6) is 0.637. The average molecular weight is 387 g/mol. The predicted octanol–water partition coefficient (Wildman–Crippen LogP) is 4.75. The number of alkyl halides is 3. The van der Waals surface area contributed by atoms with E-state index in [1.54, 1.807) is 6.07 Å². The maximum atomic E-state index is 12.9. The fourth-order valence-electron chi connectivity index (χ4n) is 3.51. The molecule has 4 rings (SSSR count). The molecule has 0 fully saturated rings. The summed E-state index contributed by atoms with van der Waals surface area (Å²) in [5, 5.41) is 3.84. The molecule has 28 heavy (non-hydrogen) atoms. The van der Waals surface area contributed by atoms with E-state index in [1.165, 1.54) is 17.2 Å². The Balaban J connectivity index is 1.34. The van der Waals surface area contributed by atoms with E-state index >= 15 is 0 Å². The molecule has 0 bridgehead atoms. The van der Waals surface area contributed by atoms with Crippen molar-refractivity contribution < 1.29 is 17.7 Å². The lowest BCUT2D eigenvalue weighted by molar-refractivity contribution is -0.137. The summed E-state index contributed by atoms with van der Waals surface area (Å²) in [4.78, 5) is 6.65. The van der Waals surface area contributed by atoms with Gasteiger partial charge in [-0.3, -0.25) is 4.90 Å². The van der Waals surface area contributed by atoms with Gasteiger partial charge in [-0.1, -0.05) is 41.6 Å². The van der Waals surface area contributed by atoms with Gasteiger partial charge >= 0.3 is 6.18 Å². The van der Waals surface area contributed by atoms with Crippen molar-refractivity contribution in [2.45, 2.75) is 32.0 Å². The van der Waals surface area contributed by atoms with E-state index in [1.807, 2.05) is 0 Å². The number of halogens is 3. The van der Waals surface area contributed by atoms with Crippen molar-refractivity contribution in [1.82, 2.24) is 15.0 Å². The van der Waals surface area contributed by atoms with Gasteiger partial charge < -0.3 is 4.52 Å². The first-order valence-electron chi connectivity index (χ1n) is 9.28. The van der Waals surface area contributed by atoms with Crippen molar-refractivity contribution in [3.8, 4) is 11.4 Å². The molecule has 2 aromatic carbocycles.